The third-order valence-electron chi connectivity index (χ3n) is 5.27. The second-order valence-corrected chi connectivity index (χ2v) is 8.22. The van der Waals surface area contributed by atoms with Crippen molar-refractivity contribution >= 4 is 29.2 Å². The molecule has 0 radical (unpaired) electrons. The average Bonchev–Trinajstić information content (AvgIpc) is 3.19. The number of benzene rings is 2. The summed E-state index contributed by atoms with van der Waals surface area (Å²) in [4.78, 5) is 12.3. The van der Waals surface area contributed by atoms with Crippen molar-refractivity contribution in [3.63, 3.8) is 0 Å². The number of ether oxygens (including phenoxy) is 3. The Morgan fingerprint density at radius 3 is 2.60 bits per heavy atom. The summed E-state index contributed by atoms with van der Waals surface area (Å²) in [5.74, 6) is -3.14. The maximum Gasteiger partial charge on any atom is 0.452 e. The Bertz CT molecular complexity index is 1280. The monoisotopic (exact) mass is 533 g/mol. The number of hydrogen-bond donors (Lipinski definition) is 0. The average molecular weight is 534 g/mol. The minimum absolute atomic E-state index is 0.0294. The van der Waals surface area contributed by atoms with Crippen LogP contribution in [-0.2, 0) is 20.4 Å². The lowest BCUT2D eigenvalue weighted by Gasteiger charge is -2.24. The molecule has 0 N–H and O–H groups in total. The minimum Gasteiger partial charge on any atom is -0.495 e. The van der Waals surface area contributed by atoms with E-state index < -0.39 is 42.4 Å². The predicted molar refractivity (Wildman–Crippen MR) is 116 cm³/mol. The van der Waals surface area contributed by atoms with Crippen molar-refractivity contribution in [1.29, 1.82) is 0 Å². The van der Waals surface area contributed by atoms with Crippen LogP contribution in [0.5, 0.6) is 5.75 Å². The van der Waals surface area contributed by atoms with Crippen LogP contribution in [0.25, 0.3) is 5.69 Å². The van der Waals surface area contributed by atoms with Crippen molar-refractivity contribution in [3.05, 3.63) is 69.0 Å². The molecule has 1 aliphatic heterocycles. The summed E-state index contributed by atoms with van der Waals surface area (Å²) < 4.78 is 73.8. The van der Waals surface area contributed by atoms with Gasteiger partial charge in [0.25, 0.3) is 0 Å². The molecule has 35 heavy (non-hydrogen) atoms. The second kappa shape index (κ2) is 9.63. The number of carbonyl (C=O) groups excluding carboxylic acids is 1. The number of fused-ring (bicyclic) bond motifs is 3. The van der Waals surface area contributed by atoms with Crippen molar-refractivity contribution in [1.82, 2.24) is 14.8 Å². The van der Waals surface area contributed by atoms with Gasteiger partial charge >= 0.3 is 12.1 Å². The smallest absolute Gasteiger partial charge is 0.452 e. The van der Waals surface area contributed by atoms with E-state index in [0.29, 0.717) is 0 Å². The maximum atomic E-state index is 15.2. The lowest BCUT2D eigenvalue weighted by Crippen LogP contribution is -2.18. The lowest BCUT2D eigenvalue weighted by atomic mass is 9.98. The second-order valence-electron chi connectivity index (χ2n) is 7.41. The highest BCUT2D eigenvalue weighted by Gasteiger charge is 2.44. The third kappa shape index (κ3) is 4.67. The first kappa shape index (κ1) is 25.2. The van der Waals surface area contributed by atoms with E-state index in [0.717, 1.165) is 10.6 Å². The summed E-state index contributed by atoms with van der Waals surface area (Å²) in [6.45, 7) is 1.60. The Morgan fingerprint density at radius 2 is 1.94 bits per heavy atom. The molecule has 2 aromatic carbocycles. The van der Waals surface area contributed by atoms with Crippen LogP contribution >= 0.6 is 23.2 Å². The van der Waals surface area contributed by atoms with Crippen molar-refractivity contribution in [2.75, 3.05) is 13.7 Å². The molecule has 1 aliphatic rings. The predicted octanol–water partition coefficient (Wildman–Crippen LogP) is 5.85. The van der Waals surface area contributed by atoms with E-state index >= 15 is 4.39 Å². The van der Waals surface area contributed by atoms with Gasteiger partial charge in [-0.15, -0.1) is 10.2 Å². The highest BCUT2D eigenvalue weighted by atomic mass is 35.5. The number of methoxy groups -OCH3 is 1. The molecule has 2 heterocycles. The summed E-state index contributed by atoms with van der Waals surface area (Å²) in [7, 11) is 1.32. The van der Waals surface area contributed by atoms with Gasteiger partial charge in [-0.3, -0.25) is 9.36 Å². The molecule has 2 atom stereocenters. The van der Waals surface area contributed by atoms with Gasteiger partial charge in [-0.05, 0) is 37.3 Å². The van der Waals surface area contributed by atoms with E-state index in [4.69, 9.17) is 37.4 Å². The number of aromatic nitrogens is 3. The molecule has 4 rings (SSSR count). The summed E-state index contributed by atoms with van der Waals surface area (Å²) >= 11 is 12.6. The van der Waals surface area contributed by atoms with Gasteiger partial charge in [0.2, 0.25) is 5.82 Å². The van der Waals surface area contributed by atoms with Crippen LogP contribution in [-0.4, -0.2) is 34.5 Å². The summed E-state index contributed by atoms with van der Waals surface area (Å²) in [5.41, 5.74) is -0.239. The molecular formula is C22H17Cl2F4N3O4. The standard InChI is InChI=1S/C22H17Cl2F4N3O4/c1-3-34-16(32)9-15-20-29-30-21(22(26,27)28)31(20)13-6-4-10(23)8-11(13)19(35-15)17-12(25)5-7-14(33-2)18(17)24/h4-8,15,19H,3,9H2,1-2H3/t15-,19+/m0/s1. The largest absolute Gasteiger partial charge is 0.495 e. The molecule has 0 bridgehead atoms. The van der Waals surface area contributed by atoms with Crippen molar-refractivity contribution in [2.24, 2.45) is 0 Å². The Hall–Kier alpha value is -2.89. The number of halogens is 6. The number of hydrogen-bond acceptors (Lipinski definition) is 6. The van der Waals surface area contributed by atoms with Gasteiger partial charge in [-0.1, -0.05) is 23.2 Å². The number of alkyl halides is 3. The number of rotatable bonds is 5. The highest BCUT2D eigenvalue weighted by Crippen LogP contribution is 2.47. The quantitative estimate of drug-likeness (QED) is 0.302. The van der Waals surface area contributed by atoms with E-state index in [1.807, 2.05) is 0 Å². The topological polar surface area (TPSA) is 75.5 Å². The highest BCUT2D eigenvalue weighted by molar-refractivity contribution is 6.33. The molecule has 0 spiro atoms. The molecule has 0 saturated carbocycles. The zero-order valence-corrected chi connectivity index (χ0v) is 19.7. The van der Waals surface area contributed by atoms with Crippen LogP contribution in [0.15, 0.2) is 30.3 Å². The summed E-state index contributed by atoms with van der Waals surface area (Å²) in [5, 5.41) is 6.96. The van der Waals surface area contributed by atoms with Crippen molar-refractivity contribution in [2.45, 2.75) is 31.7 Å². The molecule has 0 fully saturated rings. The Balaban J connectivity index is 2.02. The van der Waals surface area contributed by atoms with Crippen LogP contribution in [0, 0.1) is 5.82 Å². The van der Waals surface area contributed by atoms with Gasteiger partial charge in [0.05, 0.1) is 30.8 Å². The van der Waals surface area contributed by atoms with Gasteiger partial charge in [-0.2, -0.15) is 13.2 Å². The zero-order valence-electron chi connectivity index (χ0n) is 18.2. The first-order chi connectivity index (χ1) is 16.6. The fourth-order valence-corrected chi connectivity index (χ4v) is 4.35. The first-order valence-electron chi connectivity index (χ1n) is 10.2. The number of nitrogens with zero attached hydrogens (tertiary/aromatic N) is 3. The van der Waals surface area contributed by atoms with Crippen LogP contribution in [0.3, 0.4) is 0 Å². The molecule has 0 unspecified atom stereocenters. The van der Waals surface area contributed by atoms with Gasteiger partial charge in [0.15, 0.2) is 5.82 Å². The van der Waals surface area contributed by atoms with Gasteiger partial charge in [-0.25, -0.2) is 4.39 Å². The Morgan fingerprint density at radius 1 is 1.20 bits per heavy atom. The fourth-order valence-electron chi connectivity index (χ4n) is 3.84. The van der Waals surface area contributed by atoms with Crippen molar-refractivity contribution in [3.8, 4) is 11.4 Å². The van der Waals surface area contributed by atoms with Gasteiger partial charge in [0.1, 0.15) is 23.8 Å². The van der Waals surface area contributed by atoms with Crippen LogP contribution in [0.2, 0.25) is 10.0 Å². The van der Waals surface area contributed by atoms with Crippen LogP contribution in [0.1, 0.15) is 48.3 Å². The lowest BCUT2D eigenvalue weighted by molar-refractivity contribution is -0.147. The minimum atomic E-state index is -4.91. The molecular weight excluding hydrogens is 517 g/mol. The summed E-state index contributed by atoms with van der Waals surface area (Å²) in [6.07, 6.45) is -8.23. The maximum absolute atomic E-state index is 15.2. The van der Waals surface area contributed by atoms with E-state index in [1.54, 1.807) is 6.92 Å². The van der Waals surface area contributed by atoms with Crippen LogP contribution < -0.4 is 4.74 Å². The molecule has 13 heteroatoms. The van der Waals surface area contributed by atoms with E-state index in [9.17, 15) is 18.0 Å². The first-order valence-corrected chi connectivity index (χ1v) is 11.0. The van der Waals surface area contributed by atoms with Crippen LogP contribution in [0.4, 0.5) is 17.6 Å². The molecule has 7 nitrogen and oxygen atoms in total. The molecule has 186 valence electrons. The summed E-state index contributed by atoms with van der Waals surface area (Å²) in [6, 6.07) is 6.36. The van der Waals surface area contributed by atoms with E-state index in [1.165, 1.54) is 31.4 Å². The van der Waals surface area contributed by atoms with E-state index in [2.05, 4.69) is 10.2 Å². The molecule has 1 aromatic heterocycles. The Kier molecular flexibility index (Phi) is 6.94. The molecule has 3 aromatic rings. The zero-order chi connectivity index (χ0) is 25.5. The van der Waals surface area contributed by atoms with Crippen molar-refractivity contribution < 1.29 is 36.6 Å². The SMILES string of the molecule is CCOC(=O)C[C@@H]1O[C@@H](c2c(F)ccc(OC)c2Cl)c2cc(Cl)ccc2-n2c1nnc2C(F)(F)F. The normalized spacial score (nSPS) is 17.4. The number of esters is 1. The number of carbonyl (C=O) groups is 1. The molecule has 0 aliphatic carbocycles. The molecule has 0 amide bonds. The third-order valence-corrected chi connectivity index (χ3v) is 5.90. The van der Waals surface area contributed by atoms with Gasteiger partial charge < -0.3 is 14.2 Å². The molecule has 0 saturated heterocycles. The fraction of sp³-hybridized carbons (Fsp3) is 0.318. The Labute approximate surface area is 206 Å². The van der Waals surface area contributed by atoms with Gasteiger partial charge in [0, 0.05) is 16.1 Å². The van der Waals surface area contributed by atoms with E-state index in [-0.39, 0.29) is 45.0 Å².